The van der Waals surface area contributed by atoms with Crippen molar-refractivity contribution in [3.8, 4) is 0 Å². The Labute approximate surface area is 154 Å². The summed E-state index contributed by atoms with van der Waals surface area (Å²) in [6.45, 7) is 6.71. The van der Waals surface area contributed by atoms with Gasteiger partial charge in [0.05, 0.1) is 12.2 Å². The van der Waals surface area contributed by atoms with Crippen molar-refractivity contribution >= 4 is 11.8 Å². The molecule has 2 saturated carbocycles. The first-order chi connectivity index (χ1) is 12.3. The van der Waals surface area contributed by atoms with E-state index in [1.165, 1.54) is 18.5 Å². The summed E-state index contributed by atoms with van der Waals surface area (Å²) in [7, 11) is 2.06. The molecule has 0 radical (unpaired) electrons. The largest absolute Gasteiger partial charge is 0.369 e. The van der Waals surface area contributed by atoms with Gasteiger partial charge in [-0.1, -0.05) is 0 Å². The van der Waals surface area contributed by atoms with Gasteiger partial charge in [-0.25, -0.2) is 4.98 Å². The number of hydrogen-bond acceptors (Lipinski definition) is 4. The molecule has 7 nitrogen and oxygen atoms in total. The summed E-state index contributed by atoms with van der Waals surface area (Å²) in [5.74, 6) is 1.58. The predicted octanol–water partition coefficient (Wildman–Crippen LogP) is 0.629. The second-order valence-electron chi connectivity index (χ2n) is 8.48. The maximum Gasteiger partial charge on any atom is 0.235 e. The lowest BCUT2D eigenvalue weighted by atomic mass is 9.96. The first kappa shape index (κ1) is 17.5. The number of primary amides is 1. The monoisotopic (exact) mass is 359 g/mol. The lowest BCUT2D eigenvalue weighted by Gasteiger charge is -2.22. The third-order valence-corrected chi connectivity index (χ3v) is 6.72. The number of amides is 2. The van der Waals surface area contributed by atoms with Gasteiger partial charge in [0.15, 0.2) is 0 Å². The number of carbonyl (C=O) groups is 2. The van der Waals surface area contributed by atoms with Crippen LogP contribution in [0.4, 0.5) is 0 Å². The van der Waals surface area contributed by atoms with Crippen molar-refractivity contribution in [2.45, 2.75) is 52.1 Å². The molecule has 3 aliphatic rings. The molecule has 3 fully saturated rings. The summed E-state index contributed by atoms with van der Waals surface area (Å²) in [6.07, 6.45) is 3.66. The number of imidazole rings is 1. The minimum Gasteiger partial charge on any atom is -0.369 e. The molecule has 2 amide bonds. The third-order valence-electron chi connectivity index (χ3n) is 6.72. The SMILES string of the molecule is Cc1nc(CN2CC(NC(=O)C3(C(N)=O)CC3)C(C3CC3)C2)n(C)c1C. The van der Waals surface area contributed by atoms with Crippen molar-refractivity contribution in [2.75, 3.05) is 13.1 Å². The van der Waals surface area contributed by atoms with Crippen molar-refractivity contribution in [3.05, 3.63) is 17.2 Å². The Hall–Kier alpha value is -1.89. The fourth-order valence-electron chi connectivity index (χ4n) is 4.34. The van der Waals surface area contributed by atoms with Gasteiger partial charge in [0, 0.05) is 31.9 Å². The number of aromatic nitrogens is 2. The van der Waals surface area contributed by atoms with E-state index in [2.05, 4.69) is 33.7 Å². The summed E-state index contributed by atoms with van der Waals surface area (Å²) in [4.78, 5) is 31.4. The summed E-state index contributed by atoms with van der Waals surface area (Å²) in [5.41, 5.74) is 6.79. The van der Waals surface area contributed by atoms with Crippen LogP contribution < -0.4 is 11.1 Å². The number of aryl methyl sites for hydroxylation is 1. The zero-order valence-corrected chi connectivity index (χ0v) is 15.9. The van der Waals surface area contributed by atoms with Crippen LogP contribution in [0.5, 0.6) is 0 Å². The van der Waals surface area contributed by atoms with E-state index in [0.29, 0.717) is 24.7 Å². The second kappa shape index (κ2) is 6.08. The predicted molar refractivity (Wildman–Crippen MR) is 97.0 cm³/mol. The van der Waals surface area contributed by atoms with Gasteiger partial charge in [0.25, 0.3) is 0 Å². The van der Waals surface area contributed by atoms with E-state index in [4.69, 9.17) is 5.73 Å². The number of nitrogens with two attached hydrogens (primary N) is 1. The molecule has 1 saturated heterocycles. The Kier molecular flexibility index (Phi) is 4.10. The average molecular weight is 359 g/mol. The highest BCUT2D eigenvalue weighted by atomic mass is 16.2. The van der Waals surface area contributed by atoms with Crippen LogP contribution in [0.2, 0.25) is 0 Å². The number of likely N-dealkylation sites (tertiary alicyclic amines) is 1. The topological polar surface area (TPSA) is 93.2 Å². The Balaban J connectivity index is 1.44. The van der Waals surface area contributed by atoms with Crippen LogP contribution in [0.1, 0.15) is 42.9 Å². The second-order valence-corrected chi connectivity index (χ2v) is 8.48. The molecular formula is C19H29N5O2. The zero-order valence-electron chi connectivity index (χ0n) is 15.9. The van der Waals surface area contributed by atoms with E-state index in [9.17, 15) is 9.59 Å². The number of hydrogen-bond donors (Lipinski definition) is 2. The van der Waals surface area contributed by atoms with Crippen LogP contribution in [0, 0.1) is 31.1 Å². The van der Waals surface area contributed by atoms with E-state index in [1.54, 1.807) is 0 Å². The molecule has 2 unspecified atom stereocenters. The van der Waals surface area contributed by atoms with Gasteiger partial charge in [0.2, 0.25) is 11.8 Å². The molecule has 3 N–H and O–H groups in total. The average Bonchev–Trinajstić information content (AvgIpc) is 3.50. The Bertz CT molecular complexity index is 747. The smallest absolute Gasteiger partial charge is 0.235 e. The molecular weight excluding hydrogens is 330 g/mol. The molecule has 142 valence electrons. The maximum atomic E-state index is 12.6. The number of nitrogens with zero attached hydrogens (tertiary/aromatic N) is 3. The molecule has 1 aromatic heterocycles. The highest BCUT2D eigenvalue weighted by Crippen LogP contribution is 2.47. The summed E-state index contributed by atoms with van der Waals surface area (Å²) in [6, 6.07) is 0.106. The highest BCUT2D eigenvalue weighted by molar-refractivity contribution is 6.07. The number of nitrogens with one attached hydrogen (secondary N) is 1. The van der Waals surface area contributed by atoms with Gasteiger partial charge < -0.3 is 15.6 Å². The molecule has 0 spiro atoms. The minimum absolute atomic E-state index is 0.106. The molecule has 2 atom stereocenters. The van der Waals surface area contributed by atoms with Crippen LogP contribution in [-0.2, 0) is 23.2 Å². The number of rotatable bonds is 6. The first-order valence-electron chi connectivity index (χ1n) is 9.64. The molecule has 2 heterocycles. The normalized spacial score (nSPS) is 27.5. The fraction of sp³-hybridized carbons (Fsp3) is 0.737. The van der Waals surface area contributed by atoms with Crippen LogP contribution in [0.25, 0.3) is 0 Å². The van der Waals surface area contributed by atoms with E-state index >= 15 is 0 Å². The van der Waals surface area contributed by atoms with Gasteiger partial charge in [-0.15, -0.1) is 0 Å². The van der Waals surface area contributed by atoms with Gasteiger partial charge in [0.1, 0.15) is 11.2 Å². The molecule has 7 heteroatoms. The Morgan fingerprint density at radius 2 is 1.96 bits per heavy atom. The van der Waals surface area contributed by atoms with Crippen LogP contribution in [0.3, 0.4) is 0 Å². The van der Waals surface area contributed by atoms with E-state index < -0.39 is 11.3 Å². The lowest BCUT2D eigenvalue weighted by molar-refractivity contribution is -0.136. The summed E-state index contributed by atoms with van der Waals surface area (Å²) in [5, 5.41) is 3.17. The van der Waals surface area contributed by atoms with Gasteiger partial charge in [-0.2, -0.15) is 0 Å². The van der Waals surface area contributed by atoms with Crippen LogP contribution in [-0.4, -0.2) is 45.4 Å². The number of carbonyl (C=O) groups excluding carboxylic acids is 2. The maximum absolute atomic E-state index is 12.6. The summed E-state index contributed by atoms with van der Waals surface area (Å²) < 4.78 is 2.15. The molecule has 2 aliphatic carbocycles. The Morgan fingerprint density at radius 3 is 2.46 bits per heavy atom. The van der Waals surface area contributed by atoms with Crippen molar-refractivity contribution in [3.63, 3.8) is 0 Å². The van der Waals surface area contributed by atoms with Gasteiger partial charge >= 0.3 is 0 Å². The van der Waals surface area contributed by atoms with Crippen molar-refractivity contribution in [1.29, 1.82) is 0 Å². The standard InChI is InChI=1S/C19H29N5O2/c1-11-12(2)23(3)16(21-11)10-24-8-14(13-4-5-13)15(9-24)22-18(26)19(6-7-19)17(20)25/h13-15H,4-10H2,1-3H3,(H2,20,25)(H,22,26). The van der Waals surface area contributed by atoms with Crippen molar-refractivity contribution < 1.29 is 9.59 Å². The minimum atomic E-state index is -0.935. The summed E-state index contributed by atoms with van der Waals surface area (Å²) >= 11 is 0. The lowest BCUT2D eigenvalue weighted by Crippen LogP contribution is -2.48. The van der Waals surface area contributed by atoms with Crippen LogP contribution >= 0.6 is 0 Å². The van der Waals surface area contributed by atoms with E-state index in [-0.39, 0.29) is 11.9 Å². The molecule has 1 aliphatic heterocycles. The van der Waals surface area contributed by atoms with Gasteiger partial charge in [-0.05, 0) is 51.4 Å². The molecule has 26 heavy (non-hydrogen) atoms. The Morgan fingerprint density at radius 1 is 1.27 bits per heavy atom. The molecule has 0 bridgehead atoms. The van der Waals surface area contributed by atoms with Crippen LogP contribution in [0.15, 0.2) is 0 Å². The van der Waals surface area contributed by atoms with E-state index in [1.807, 2.05) is 6.92 Å². The van der Waals surface area contributed by atoms with Crippen molar-refractivity contribution in [1.82, 2.24) is 19.8 Å². The highest BCUT2D eigenvalue weighted by Gasteiger charge is 2.56. The molecule has 0 aromatic carbocycles. The van der Waals surface area contributed by atoms with Crippen molar-refractivity contribution in [2.24, 2.45) is 30.0 Å². The molecule has 4 rings (SSSR count). The third kappa shape index (κ3) is 2.92. The molecule has 1 aromatic rings. The quantitative estimate of drug-likeness (QED) is 0.729. The first-order valence-corrected chi connectivity index (χ1v) is 9.64. The van der Waals surface area contributed by atoms with E-state index in [0.717, 1.165) is 31.2 Å². The van der Waals surface area contributed by atoms with Gasteiger partial charge in [-0.3, -0.25) is 14.5 Å². The fourth-order valence-corrected chi connectivity index (χ4v) is 4.34. The zero-order chi connectivity index (χ0) is 18.6.